The molecule has 2 aromatic rings. The van der Waals surface area contributed by atoms with E-state index in [9.17, 15) is 4.79 Å². The average Bonchev–Trinajstić information content (AvgIpc) is 3.20. The van der Waals surface area contributed by atoms with E-state index in [1.807, 2.05) is 42.3 Å². The molecule has 6 nitrogen and oxygen atoms in total. The predicted octanol–water partition coefficient (Wildman–Crippen LogP) is 3.11. The zero-order chi connectivity index (χ0) is 19.9. The molecule has 0 saturated carbocycles. The molecular formula is C22H28N2O4. The lowest BCUT2D eigenvalue weighted by atomic mass is 10.1. The standard InChI is InChI=1S/C22H28N2O4/c1-23-14-18-10-7-11-24(18)22(25)17-12-19(26-2)21(20(13-17)27-3)28-15-16-8-5-4-6-9-16/h4-6,8-9,12-13,18,23H,7,10-11,14-15H2,1-3H3. The van der Waals surface area contributed by atoms with Crippen molar-refractivity contribution in [3.05, 3.63) is 53.6 Å². The van der Waals surface area contributed by atoms with Crippen LogP contribution in [-0.4, -0.2) is 51.2 Å². The molecule has 1 aliphatic rings. The SMILES string of the molecule is CNCC1CCCN1C(=O)c1cc(OC)c(OCc2ccccc2)c(OC)c1. The lowest BCUT2D eigenvalue weighted by Crippen LogP contribution is -2.40. The molecule has 2 aromatic carbocycles. The van der Waals surface area contributed by atoms with Crippen LogP contribution in [0.2, 0.25) is 0 Å². The van der Waals surface area contributed by atoms with Gasteiger partial charge in [0, 0.05) is 24.7 Å². The average molecular weight is 384 g/mol. The van der Waals surface area contributed by atoms with Crippen LogP contribution in [0, 0.1) is 0 Å². The summed E-state index contributed by atoms with van der Waals surface area (Å²) in [6.45, 7) is 1.94. The molecule has 0 bridgehead atoms. The van der Waals surface area contributed by atoms with Gasteiger partial charge in [0.15, 0.2) is 11.5 Å². The van der Waals surface area contributed by atoms with Crippen molar-refractivity contribution in [3.63, 3.8) is 0 Å². The van der Waals surface area contributed by atoms with Crippen molar-refractivity contribution >= 4 is 5.91 Å². The van der Waals surface area contributed by atoms with Crippen LogP contribution in [0.1, 0.15) is 28.8 Å². The molecule has 1 fully saturated rings. The molecule has 6 heteroatoms. The summed E-state index contributed by atoms with van der Waals surface area (Å²) >= 11 is 0. The summed E-state index contributed by atoms with van der Waals surface area (Å²) in [6.07, 6.45) is 2.03. The minimum atomic E-state index is -0.0102. The first kappa shape index (κ1) is 20.0. The highest BCUT2D eigenvalue weighted by Gasteiger charge is 2.30. The van der Waals surface area contributed by atoms with Crippen molar-refractivity contribution in [2.24, 2.45) is 0 Å². The number of likely N-dealkylation sites (tertiary alicyclic amines) is 1. The third-order valence-corrected chi connectivity index (χ3v) is 5.01. The van der Waals surface area contributed by atoms with Crippen LogP contribution in [0.3, 0.4) is 0 Å². The Morgan fingerprint density at radius 3 is 2.43 bits per heavy atom. The number of methoxy groups -OCH3 is 2. The van der Waals surface area contributed by atoms with Crippen LogP contribution in [0.4, 0.5) is 0 Å². The number of likely N-dealkylation sites (N-methyl/N-ethyl adjacent to an activating group) is 1. The molecule has 1 aliphatic heterocycles. The summed E-state index contributed by atoms with van der Waals surface area (Å²) < 4.78 is 17.0. The number of ether oxygens (including phenoxy) is 3. The summed E-state index contributed by atoms with van der Waals surface area (Å²) in [5.74, 6) is 1.47. The number of hydrogen-bond donors (Lipinski definition) is 1. The molecule has 150 valence electrons. The molecule has 0 spiro atoms. The number of amides is 1. The van der Waals surface area contributed by atoms with Crippen molar-refractivity contribution in [2.75, 3.05) is 34.4 Å². The Morgan fingerprint density at radius 2 is 1.82 bits per heavy atom. The van der Waals surface area contributed by atoms with E-state index in [-0.39, 0.29) is 11.9 Å². The highest BCUT2D eigenvalue weighted by molar-refractivity contribution is 5.96. The minimum Gasteiger partial charge on any atom is -0.493 e. The zero-order valence-corrected chi connectivity index (χ0v) is 16.7. The van der Waals surface area contributed by atoms with Crippen molar-refractivity contribution < 1.29 is 19.0 Å². The van der Waals surface area contributed by atoms with E-state index in [0.29, 0.717) is 29.4 Å². The summed E-state index contributed by atoms with van der Waals surface area (Å²) in [4.78, 5) is 15.0. The molecule has 0 radical (unpaired) electrons. The number of carbonyl (C=O) groups excluding carboxylic acids is 1. The first-order chi connectivity index (χ1) is 13.7. The maximum absolute atomic E-state index is 13.1. The molecule has 0 aliphatic carbocycles. The van der Waals surface area contributed by atoms with E-state index in [1.165, 1.54) is 0 Å². The van der Waals surface area contributed by atoms with Gasteiger partial charge in [0.05, 0.1) is 14.2 Å². The van der Waals surface area contributed by atoms with E-state index in [2.05, 4.69) is 5.32 Å². The van der Waals surface area contributed by atoms with Gasteiger partial charge in [0.1, 0.15) is 6.61 Å². The van der Waals surface area contributed by atoms with E-state index >= 15 is 0 Å². The van der Waals surface area contributed by atoms with Crippen LogP contribution in [-0.2, 0) is 6.61 Å². The molecule has 1 saturated heterocycles. The largest absolute Gasteiger partial charge is 0.493 e. The second-order valence-corrected chi connectivity index (χ2v) is 6.84. The maximum Gasteiger partial charge on any atom is 0.254 e. The molecule has 1 unspecified atom stereocenters. The van der Waals surface area contributed by atoms with E-state index in [4.69, 9.17) is 14.2 Å². The number of hydrogen-bond acceptors (Lipinski definition) is 5. The first-order valence-electron chi connectivity index (χ1n) is 9.56. The van der Waals surface area contributed by atoms with Gasteiger partial charge in [-0.1, -0.05) is 30.3 Å². The summed E-state index contributed by atoms with van der Waals surface area (Å²) in [5.41, 5.74) is 1.59. The van der Waals surface area contributed by atoms with Gasteiger partial charge in [-0.15, -0.1) is 0 Å². The molecule has 28 heavy (non-hydrogen) atoms. The monoisotopic (exact) mass is 384 g/mol. The Kier molecular flexibility index (Phi) is 6.76. The fourth-order valence-electron chi connectivity index (χ4n) is 3.59. The summed E-state index contributed by atoms with van der Waals surface area (Å²) in [7, 11) is 5.04. The Labute approximate surface area is 166 Å². The Bertz CT molecular complexity index is 769. The van der Waals surface area contributed by atoms with Gasteiger partial charge >= 0.3 is 0 Å². The van der Waals surface area contributed by atoms with Gasteiger partial charge < -0.3 is 24.4 Å². The van der Waals surface area contributed by atoms with E-state index in [0.717, 1.165) is 31.5 Å². The third kappa shape index (κ3) is 4.39. The second kappa shape index (κ2) is 9.46. The number of rotatable bonds is 8. The highest BCUT2D eigenvalue weighted by Crippen LogP contribution is 2.39. The number of carbonyl (C=O) groups is 1. The molecule has 1 heterocycles. The van der Waals surface area contributed by atoms with Crippen molar-refractivity contribution in [3.8, 4) is 17.2 Å². The van der Waals surface area contributed by atoms with Gasteiger partial charge in [-0.25, -0.2) is 0 Å². The van der Waals surface area contributed by atoms with Crippen molar-refractivity contribution in [1.29, 1.82) is 0 Å². The molecule has 0 aromatic heterocycles. The van der Waals surface area contributed by atoms with E-state index < -0.39 is 0 Å². The Morgan fingerprint density at radius 1 is 1.14 bits per heavy atom. The van der Waals surface area contributed by atoms with Gasteiger partial charge in [0.2, 0.25) is 5.75 Å². The van der Waals surface area contributed by atoms with Crippen LogP contribution >= 0.6 is 0 Å². The summed E-state index contributed by atoms with van der Waals surface area (Å²) in [6, 6.07) is 13.6. The van der Waals surface area contributed by atoms with Crippen LogP contribution in [0.25, 0.3) is 0 Å². The van der Waals surface area contributed by atoms with E-state index in [1.54, 1.807) is 26.4 Å². The quantitative estimate of drug-likeness (QED) is 0.758. The van der Waals surface area contributed by atoms with Crippen LogP contribution in [0.15, 0.2) is 42.5 Å². The van der Waals surface area contributed by atoms with Gasteiger partial charge in [0.25, 0.3) is 5.91 Å². The van der Waals surface area contributed by atoms with Crippen LogP contribution < -0.4 is 19.5 Å². The molecular weight excluding hydrogens is 356 g/mol. The Hall–Kier alpha value is -2.73. The zero-order valence-electron chi connectivity index (χ0n) is 16.7. The predicted molar refractivity (Wildman–Crippen MR) is 108 cm³/mol. The smallest absolute Gasteiger partial charge is 0.254 e. The van der Waals surface area contributed by atoms with Gasteiger partial charge in [-0.3, -0.25) is 4.79 Å². The lowest BCUT2D eigenvalue weighted by molar-refractivity contribution is 0.0736. The Balaban J connectivity index is 1.84. The van der Waals surface area contributed by atoms with Crippen molar-refractivity contribution in [1.82, 2.24) is 10.2 Å². The van der Waals surface area contributed by atoms with Gasteiger partial charge in [-0.2, -0.15) is 0 Å². The maximum atomic E-state index is 13.1. The normalized spacial score (nSPS) is 16.1. The second-order valence-electron chi connectivity index (χ2n) is 6.84. The first-order valence-corrected chi connectivity index (χ1v) is 9.56. The van der Waals surface area contributed by atoms with Crippen LogP contribution in [0.5, 0.6) is 17.2 Å². The fraction of sp³-hybridized carbons (Fsp3) is 0.409. The lowest BCUT2D eigenvalue weighted by Gasteiger charge is -2.25. The number of nitrogens with one attached hydrogen (secondary N) is 1. The fourth-order valence-corrected chi connectivity index (χ4v) is 3.59. The molecule has 1 amide bonds. The topological polar surface area (TPSA) is 60.0 Å². The molecule has 1 atom stereocenters. The number of benzene rings is 2. The number of nitrogens with zero attached hydrogens (tertiary/aromatic N) is 1. The van der Waals surface area contributed by atoms with Gasteiger partial charge in [-0.05, 0) is 37.6 Å². The molecule has 1 N–H and O–H groups in total. The van der Waals surface area contributed by atoms with Crippen molar-refractivity contribution in [2.45, 2.75) is 25.5 Å². The highest BCUT2D eigenvalue weighted by atomic mass is 16.5. The summed E-state index contributed by atoms with van der Waals surface area (Å²) in [5, 5.41) is 3.17. The third-order valence-electron chi connectivity index (χ3n) is 5.01. The minimum absolute atomic E-state index is 0.0102. The molecule has 3 rings (SSSR count).